The van der Waals surface area contributed by atoms with Gasteiger partial charge in [0.15, 0.2) is 5.13 Å². The third kappa shape index (κ3) is 4.00. The molecule has 0 saturated heterocycles. The van der Waals surface area contributed by atoms with Crippen molar-refractivity contribution in [1.29, 1.82) is 0 Å². The van der Waals surface area contributed by atoms with Crippen molar-refractivity contribution in [2.75, 3.05) is 11.1 Å². The Morgan fingerprint density at radius 3 is 2.47 bits per heavy atom. The molecule has 17 heavy (non-hydrogen) atoms. The van der Waals surface area contributed by atoms with Crippen LogP contribution in [0.25, 0.3) is 0 Å². The Hall–Kier alpha value is -1.10. The number of hydrogen-bond acceptors (Lipinski definition) is 4. The van der Waals surface area contributed by atoms with E-state index in [0.29, 0.717) is 22.5 Å². The van der Waals surface area contributed by atoms with Crippen molar-refractivity contribution < 1.29 is 4.79 Å². The minimum absolute atomic E-state index is 0.00536. The van der Waals surface area contributed by atoms with Crippen LogP contribution in [0.4, 0.5) is 10.1 Å². The van der Waals surface area contributed by atoms with E-state index in [-0.39, 0.29) is 11.3 Å². The van der Waals surface area contributed by atoms with Crippen LogP contribution in [0.2, 0.25) is 0 Å². The summed E-state index contributed by atoms with van der Waals surface area (Å²) in [6.45, 7) is 10.2. The summed E-state index contributed by atoms with van der Waals surface area (Å²) >= 11 is 1.33. The van der Waals surface area contributed by atoms with Crippen molar-refractivity contribution in [3.05, 3.63) is 5.69 Å². The van der Waals surface area contributed by atoms with Crippen molar-refractivity contribution in [2.45, 2.75) is 46.5 Å². The van der Waals surface area contributed by atoms with Crippen LogP contribution in [0.15, 0.2) is 0 Å². The van der Waals surface area contributed by atoms with Gasteiger partial charge in [-0.15, -0.1) is 0 Å². The molecular weight excluding hydrogens is 234 g/mol. The third-order valence-corrected chi connectivity index (χ3v) is 3.00. The number of aromatic nitrogens is 1. The van der Waals surface area contributed by atoms with Gasteiger partial charge >= 0.3 is 0 Å². The van der Waals surface area contributed by atoms with E-state index >= 15 is 0 Å². The van der Waals surface area contributed by atoms with E-state index in [9.17, 15) is 4.79 Å². The van der Waals surface area contributed by atoms with E-state index in [0.717, 1.165) is 5.69 Å². The molecule has 3 N–H and O–H groups in total. The lowest BCUT2D eigenvalue weighted by atomic mass is 9.93. The number of rotatable bonds is 3. The lowest BCUT2D eigenvalue weighted by Gasteiger charge is -2.15. The van der Waals surface area contributed by atoms with Crippen molar-refractivity contribution >= 4 is 27.4 Å². The molecule has 0 aliphatic rings. The van der Waals surface area contributed by atoms with Crippen LogP contribution in [0.5, 0.6) is 0 Å². The molecule has 5 heteroatoms. The Kier molecular flexibility index (Phi) is 4.14. The number of carbonyl (C=O) groups is 1. The van der Waals surface area contributed by atoms with Gasteiger partial charge in [-0.3, -0.25) is 4.79 Å². The second-order valence-corrected chi connectivity index (χ2v) is 6.66. The molecule has 0 aromatic carbocycles. The van der Waals surface area contributed by atoms with E-state index in [1.54, 1.807) is 0 Å². The summed E-state index contributed by atoms with van der Waals surface area (Å²) < 4.78 is 0. The SMILES string of the molecule is CC(C)CC(=O)Nc1nc(C(C)(C)C)c(N)s1. The number of anilines is 2. The molecule has 1 aromatic heterocycles. The molecular formula is C12H21N3OS. The van der Waals surface area contributed by atoms with E-state index in [2.05, 4.69) is 31.1 Å². The maximum absolute atomic E-state index is 11.6. The van der Waals surface area contributed by atoms with Gasteiger partial charge in [0.1, 0.15) is 5.00 Å². The lowest BCUT2D eigenvalue weighted by Crippen LogP contribution is -2.16. The van der Waals surface area contributed by atoms with Gasteiger partial charge in [0.2, 0.25) is 5.91 Å². The molecule has 0 bridgehead atoms. The zero-order valence-corrected chi connectivity index (χ0v) is 11.9. The maximum Gasteiger partial charge on any atom is 0.226 e. The van der Waals surface area contributed by atoms with Crippen LogP contribution in [0.3, 0.4) is 0 Å². The van der Waals surface area contributed by atoms with Gasteiger partial charge in [-0.1, -0.05) is 46.0 Å². The van der Waals surface area contributed by atoms with Crippen molar-refractivity contribution in [3.8, 4) is 0 Å². The van der Waals surface area contributed by atoms with E-state index < -0.39 is 0 Å². The Morgan fingerprint density at radius 1 is 1.47 bits per heavy atom. The molecule has 0 atom stereocenters. The van der Waals surface area contributed by atoms with E-state index in [1.807, 2.05) is 13.8 Å². The van der Waals surface area contributed by atoms with E-state index in [4.69, 9.17) is 5.73 Å². The van der Waals surface area contributed by atoms with Gasteiger partial charge in [0, 0.05) is 11.8 Å². The molecule has 1 rings (SSSR count). The van der Waals surface area contributed by atoms with E-state index in [1.165, 1.54) is 11.3 Å². The predicted molar refractivity (Wildman–Crippen MR) is 73.3 cm³/mol. The van der Waals surface area contributed by atoms with Crippen LogP contribution in [-0.4, -0.2) is 10.9 Å². The highest BCUT2D eigenvalue weighted by atomic mass is 32.1. The maximum atomic E-state index is 11.6. The lowest BCUT2D eigenvalue weighted by molar-refractivity contribution is -0.116. The van der Waals surface area contributed by atoms with Gasteiger partial charge in [-0.2, -0.15) is 0 Å². The summed E-state index contributed by atoms with van der Waals surface area (Å²) in [6, 6.07) is 0. The summed E-state index contributed by atoms with van der Waals surface area (Å²) in [4.78, 5) is 16.0. The number of thiazole rings is 1. The Bertz CT molecular complexity index is 404. The van der Waals surface area contributed by atoms with Crippen LogP contribution < -0.4 is 11.1 Å². The van der Waals surface area contributed by atoms with Gasteiger partial charge in [-0.25, -0.2) is 4.98 Å². The number of nitrogen functional groups attached to an aromatic ring is 1. The fourth-order valence-electron chi connectivity index (χ4n) is 1.46. The number of hydrogen-bond donors (Lipinski definition) is 2. The van der Waals surface area contributed by atoms with Gasteiger partial charge in [-0.05, 0) is 5.92 Å². The van der Waals surface area contributed by atoms with Crippen molar-refractivity contribution in [2.24, 2.45) is 5.92 Å². The fourth-order valence-corrected chi connectivity index (χ4v) is 2.42. The summed E-state index contributed by atoms with van der Waals surface area (Å²) in [5.74, 6) is 0.337. The zero-order valence-electron chi connectivity index (χ0n) is 11.1. The van der Waals surface area contributed by atoms with Crippen LogP contribution >= 0.6 is 11.3 Å². The molecule has 0 spiro atoms. The average molecular weight is 255 g/mol. The first kappa shape index (κ1) is 14.0. The second kappa shape index (κ2) is 5.04. The topological polar surface area (TPSA) is 68.0 Å². The first-order valence-corrected chi connectivity index (χ1v) is 6.58. The van der Waals surface area contributed by atoms with Crippen molar-refractivity contribution in [1.82, 2.24) is 4.98 Å². The summed E-state index contributed by atoms with van der Waals surface area (Å²) in [6.07, 6.45) is 0.504. The van der Waals surface area contributed by atoms with Crippen LogP contribution in [0, 0.1) is 5.92 Å². The molecule has 1 aromatic rings. The molecule has 0 saturated carbocycles. The first-order valence-electron chi connectivity index (χ1n) is 5.76. The molecule has 0 aliphatic heterocycles. The quantitative estimate of drug-likeness (QED) is 0.872. The summed E-state index contributed by atoms with van der Waals surface area (Å²) in [5.41, 5.74) is 6.66. The smallest absolute Gasteiger partial charge is 0.226 e. The number of nitrogens with one attached hydrogen (secondary N) is 1. The highest BCUT2D eigenvalue weighted by molar-refractivity contribution is 7.19. The van der Waals surface area contributed by atoms with Crippen LogP contribution in [0.1, 0.15) is 46.7 Å². The van der Waals surface area contributed by atoms with Gasteiger partial charge in [0.05, 0.1) is 5.69 Å². The largest absolute Gasteiger partial charge is 0.389 e. The third-order valence-electron chi connectivity index (χ3n) is 2.20. The number of amides is 1. The Balaban J connectivity index is 2.78. The number of nitrogens with two attached hydrogens (primary N) is 1. The highest BCUT2D eigenvalue weighted by Gasteiger charge is 2.22. The molecule has 1 amide bonds. The molecule has 0 fully saturated rings. The normalized spacial score (nSPS) is 11.9. The average Bonchev–Trinajstić information content (AvgIpc) is 2.43. The second-order valence-electron chi connectivity index (χ2n) is 5.63. The first-order chi connectivity index (χ1) is 7.70. The van der Waals surface area contributed by atoms with Gasteiger partial charge in [0.25, 0.3) is 0 Å². The Morgan fingerprint density at radius 2 is 2.06 bits per heavy atom. The van der Waals surface area contributed by atoms with Crippen molar-refractivity contribution in [3.63, 3.8) is 0 Å². The molecule has 0 aliphatic carbocycles. The fraction of sp³-hybridized carbons (Fsp3) is 0.667. The number of carbonyl (C=O) groups excluding carboxylic acids is 1. The zero-order chi connectivity index (χ0) is 13.2. The summed E-state index contributed by atoms with van der Waals surface area (Å²) in [5, 5.41) is 4.07. The molecule has 0 radical (unpaired) electrons. The van der Waals surface area contributed by atoms with Crippen LogP contribution in [-0.2, 0) is 10.2 Å². The molecule has 1 heterocycles. The predicted octanol–water partition coefficient (Wildman–Crippen LogP) is 3.01. The molecule has 96 valence electrons. The number of nitrogens with zero attached hydrogens (tertiary/aromatic N) is 1. The minimum Gasteiger partial charge on any atom is -0.389 e. The molecule has 0 unspecified atom stereocenters. The Labute approximate surface area is 107 Å². The standard InChI is InChI=1S/C12H21N3OS/c1-7(2)6-8(16)14-11-15-9(10(13)17-11)12(3,4)5/h7H,6,13H2,1-5H3,(H,14,15,16). The molecule has 4 nitrogen and oxygen atoms in total. The monoisotopic (exact) mass is 255 g/mol. The van der Waals surface area contributed by atoms with Gasteiger partial charge < -0.3 is 11.1 Å². The highest BCUT2D eigenvalue weighted by Crippen LogP contribution is 2.33. The minimum atomic E-state index is -0.0956. The summed E-state index contributed by atoms with van der Waals surface area (Å²) in [7, 11) is 0.